The molecule has 4 heterocycles. The van der Waals surface area contributed by atoms with Gasteiger partial charge in [0.05, 0.1) is 13.2 Å². The molecule has 2 fully saturated rings. The highest BCUT2D eigenvalue weighted by Crippen LogP contribution is 2.62. The van der Waals surface area contributed by atoms with E-state index in [1.807, 2.05) is 4.98 Å². The molecule has 2 aromatic heterocycles. The number of nitrogens with one attached hydrogen (secondary N) is 2. The molecule has 2 aromatic rings. The molecule has 16 nitrogen and oxygen atoms in total. The van der Waals surface area contributed by atoms with Crippen LogP contribution in [0.3, 0.4) is 0 Å². The Hall–Kier alpha value is -4.78. The summed E-state index contributed by atoms with van der Waals surface area (Å²) in [4.78, 5) is 49.2. The van der Waals surface area contributed by atoms with Crippen LogP contribution in [0, 0.1) is 0 Å². The van der Waals surface area contributed by atoms with Crippen molar-refractivity contribution in [3.05, 3.63) is 66.2 Å². The minimum absolute atomic E-state index is 0.285. The number of aliphatic hydroxyl groups excluding tert-OH is 5. The minimum Gasteiger partial charge on any atom is -0.394 e. The Bertz CT molecular complexity index is 2570. The number of unbranched alkanes of at least 4 members (excludes halogenated alkanes) is 1. The highest BCUT2D eigenvalue weighted by atomic mass is 19.4. The zero-order valence-corrected chi connectivity index (χ0v) is 38.4. The van der Waals surface area contributed by atoms with E-state index in [0.717, 1.165) is 36.0 Å². The van der Waals surface area contributed by atoms with Crippen molar-refractivity contribution in [2.24, 2.45) is 0 Å². The third kappa shape index (κ3) is 13.1. The number of nitrogens with zero attached hydrogens (tertiary/aromatic N) is 2. The molecule has 0 aliphatic carbocycles. The molecule has 4 rings (SSSR count). The van der Waals surface area contributed by atoms with Gasteiger partial charge in [-0.15, -0.1) is 0 Å². The fraction of sp³-hybridized carbons (Fsp3) is 0.784. The van der Waals surface area contributed by atoms with E-state index < -0.39 is 189 Å². The van der Waals surface area contributed by atoms with Crippen molar-refractivity contribution in [2.45, 2.75) is 160 Å². The first-order chi connectivity index (χ1) is 35.3. The van der Waals surface area contributed by atoms with Crippen LogP contribution in [0.5, 0.6) is 0 Å². The highest BCUT2D eigenvalue weighted by Gasteiger charge is 2.92. The second-order valence-electron chi connectivity index (χ2n) is 16.5. The van der Waals surface area contributed by atoms with Gasteiger partial charge in [0.15, 0.2) is 12.5 Å². The van der Waals surface area contributed by atoms with Crippen molar-refractivity contribution in [1.29, 1.82) is 0 Å². The summed E-state index contributed by atoms with van der Waals surface area (Å²) >= 11 is 0. The summed E-state index contributed by atoms with van der Waals surface area (Å²) in [5, 5.41) is 47.4. The molecule has 8 atom stereocenters. The molecular weight excluding hydrogens is 1190 g/mol. The molecule has 0 radical (unpaired) electrons. The molecule has 0 spiro atoms. The van der Waals surface area contributed by atoms with Gasteiger partial charge in [-0.3, -0.25) is 28.7 Å². The number of aromatic nitrogens is 4. The summed E-state index contributed by atoms with van der Waals surface area (Å²) in [5.74, 6) is -73.7. The molecule has 0 aromatic carbocycles. The summed E-state index contributed by atoms with van der Waals surface area (Å²) in [6.07, 6.45) is -31.8. The number of hydrogen-bond acceptors (Lipinski definition) is 12. The first-order valence-electron chi connectivity index (χ1n) is 21.1. The van der Waals surface area contributed by atoms with Gasteiger partial charge >= 0.3 is 83.0 Å². The fourth-order valence-corrected chi connectivity index (χ4v) is 6.47. The Kier molecular flexibility index (Phi) is 21.3. The quantitative estimate of drug-likeness (QED) is 0.0620. The topological polar surface area (TPSA) is 239 Å². The van der Waals surface area contributed by atoms with Gasteiger partial charge in [0.2, 0.25) is 0 Å². The molecular formula is C37H38F26N4O12. The number of aliphatic hydroxyl groups is 5. The molecule has 0 bridgehead atoms. The number of halogens is 26. The monoisotopic (exact) mass is 1220 g/mol. The summed E-state index contributed by atoms with van der Waals surface area (Å²) < 4.78 is 352. The predicted molar refractivity (Wildman–Crippen MR) is 203 cm³/mol. The second kappa shape index (κ2) is 24.0. The van der Waals surface area contributed by atoms with E-state index in [-0.39, 0.29) is 6.42 Å². The molecule has 2 unspecified atom stereocenters. The number of ether oxygens (including phenoxy) is 3. The maximum absolute atomic E-state index is 13.9. The number of hydrogen-bond donors (Lipinski definition) is 7. The van der Waals surface area contributed by atoms with Crippen LogP contribution in [-0.2, 0) is 14.2 Å². The lowest BCUT2D eigenvalue weighted by molar-refractivity contribution is -0.440. The largest absolute Gasteiger partial charge is 0.460 e. The maximum Gasteiger partial charge on any atom is 0.460 e. The van der Waals surface area contributed by atoms with Crippen LogP contribution in [0.1, 0.15) is 51.5 Å². The Labute approximate surface area is 419 Å². The van der Waals surface area contributed by atoms with E-state index in [2.05, 4.69) is 0 Å². The number of alkyl halides is 26. The lowest BCUT2D eigenvalue weighted by Gasteiger charge is -2.39. The van der Waals surface area contributed by atoms with Crippen molar-refractivity contribution in [3.63, 3.8) is 0 Å². The van der Waals surface area contributed by atoms with Gasteiger partial charge in [-0.05, 0) is 12.8 Å². The van der Waals surface area contributed by atoms with Gasteiger partial charge in [0.25, 0.3) is 11.1 Å². The van der Waals surface area contributed by atoms with Crippen molar-refractivity contribution in [1.82, 2.24) is 19.1 Å². The Morgan fingerprint density at radius 3 is 1.14 bits per heavy atom. The van der Waals surface area contributed by atoms with Crippen molar-refractivity contribution in [3.8, 4) is 0 Å². The number of rotatable bonds is 20. The van der Waals surface area contributed by atoms with Crippen LogP contribution in [0.2, 0.25) is 0 Å². The molecule has 0 amide bonds. The second-order valence-corrected chi connectivity index (χ2v) is 16.5. The average Bonchev–Trinajstić information content (AvgIpc) is 3.78. The molecule has 2 aliphatic rings. The maximum atomic E-state index is 13.9. The van der Waals surface area contributed by atoms with Gasteiger partial charge in [0, 0.05) is 44.0 Å². The van der Waals surface area contributed by atoms with Crippen molar-refractivity contribution in [2.75, 3.05) is 19.8 Å². The molecule has 2 aliphatic heterocycles. The van der Waals surface area contributed by atoms with E-state index in [9.17, 15) is 154 Å². The molecule has 42 heteroatoms. The summed E-state index contributed by atoms with van der Waals surface area (Å²) in [6, 6.07) is 1.87. The van der Waals surface area contributed by atoms with E-state index in [4.69, 9.17) is 19.3 Å². The van der Waals surface area contributed by atoms with Crippen LogP contribution in [0.15, 0.2) is 43.7 Å². The predicted octanol–water partition coefficient (Wildman–Crippen LogP) is 5.75. The zero-order valence-electron chi connectivity index (χ0n) is 38.4. The Balaban J connectivity index is 0.000000449. The van der Waals surface area contributed by atoms with E-state index in [1.54, 1.807) is 4.98 Å². The van der Waals surface area contributed by atoms with Crippen LogP contribution >= 0.6 is 0 Å². The molecule has 0 saturated carbocycles. The third-order valence-corrected chi connectivity index (χ3v) is 11.0. The van der Waals surface area contributed by atoms with Crippen LogP contribution in [-0.4, -0.2) is 173 Å². The van der Waals surface area contributed by atoms with E-state index in [0.29, 0.717) is 4.57 Å². The smallest absolute Gasteiger partial charge is 0.394 e. The Morgan fingerprint density at radius 1 is 0.481 bits per heavy atom. The first-order valence-corrected chi connectivity index (χ1v) is 21.1. The number of H-pyrrole nitrogens is 2. The summed E-state index contributed by atoms with van der Waals surface area (Å²) in [5.41, 5.74) is -3.40. The van der Waals surface area contributed by atoms with E-state index >= 15 is 0 Å². The van der Waals surface area contributed by atoms with Gasteiger partial charge < -0.3 is 39.7 Å². The Morgan fingerprint density at radius 2 is 0.810 bits per heavy atom. The van der Waals surface area contributed by atoms with Crippen LogP contribution in [0.25, 0.3) is 0 Å². The minimum atomic E-state index is -8.01. The molecule has 2 saturated heterocycles. The average molecular weight is 1220 g/mol. The third-order valence-electron chi connectivity index (χ3n) is 11.0. The van der Waals surface area contributed by atoms with Crippen LogP contribution < -0.4 is 22.5 Å². The first kappa shape index (κ1) is 70.3. The van der Waals surface area contributed by atoms with E-state index in [1.165, 1.54) is 0 Å². The zero-order chi connectivity index (χ0) is 62.1. The summed E-state index contributed by atoms with van der Waals surface area (Å²) in [7, 11) is 0. The normalized spacial score (nSPS) is 23.5. The van der Waals surface area contributed by atoms with Gasteiger partial charge in [-0.1, -0.05) is 13.3 Å². The lowest BCUT2D eigenvalue weighted by Crippen LogP contribution is -2.70. The lowest BCUT2D eigenvalue weighted by atomic mass is 9.92. The van der Waals surface area contributed by atoms with Gasteiger partial charge in [-0.25, -0.2) is 9.59 Å². The number of aromatic amines is 2. The van der Waals surface area contributed by atoms with Crippen molar-refractivity contribution < 1.29 is 154 Å². The molecule has 460 valence electrons. The molecule has 79 heavy (non-hydrogen) atoms. The van der Waals surface area contributed by atoms with Gasteiger partial charge in [-0.2, -0.15) is 114 Å². The standard InChI is InChI=1S/C18H17F13N2O6.C10H9F13.C9H12N2O6/c19-13(20,14(21,22)15(23,24)16(25,26)17(27,28)18(29,30)31)3-1-5-38-10-9(36)7(6-34)39-11(10)33-4-2-8(35)32-12(33)37;1-2-3-4-5(11,12)6(13,14)7(15,16)8(17,18)9(19,20)10(21,22)23;12-3-4-6(14)7(15)8(17-4)11-2-1-5(13)10-9(11)16/h2,4,7,9-11,34,36H,1,3,5-6H2,(H,32,35,37);2-4H2,1H3;1-2,4,6-8,12,14-15H,3H2,(H,10,13,16)/t7-,9?,10+,11-;;4-,6?,7+,8-/m1.1/s1. The fourth-order valence-electron chi connectivity index (χ4n) is 6.47. The highest BCUT2D eigenvalue weighted by molar-refractivity contribution is 5.11. The van der Waals surface area contributed by atoms with Crippen molar-refractivity contribution >= 4 is 0 Å². The van der Waals surface area contributed by atoms with Gasteiger partial charge in [0.1, 0.15) is 36.6 Å². The van der Waals surface area contributed by atoms with Crippen LogP contribution in [0.4, 0.5) is 114 Å². The molecule has 7 N–H and O–H groups in total. The summed E-state index contributed by atoms with van der Waals surface area (Å²) in [6.45, 7) is -1.50. The SMILES string of the molecule is CCCCC(F)(F)C(F)(F)C(F)(F)C(F)(F)C(F)(F)C(F)(F)F.O=c1ccn([C@@H]2O[C@H](CO)C(O)[C@@H]2O)c(=O)[nH]1.O=c1ccn([C@@H]2O[C@H](CO)C(O)[C@@H]2OCCCC(F)(F)C(F)(F)C(F)(F)C(F)(F)C(F)(F)C(F)(F)F)c(=O)[nH]1.